The first-order valence-electron chi connectivity index (χ1n) is 9.43. The summed E-state index contributed by atoms with van der Waals surface area (Å²) < 4.78 is 5.15. The van der Waals surface area contributed by atoms with Crippen molar-refractivity contribution in [1.82, 2.24) is 10.6 Å². The number of nitrogens with zero attached hydrogens (tertiary/aromatic N) is 2. The molecule has 0 unspecified atom stereocenters. The van der Waals surface area contributed by atoms with E-state index in [1.54, 1.807) is 31.4 Å². The SMILES string of the molecule is CCNC(=O)NCCCN(C(=O)Nc1ccc([N+](=O)[O-])cc1)c1ccc(OC)cc1. The molecular formula is C20H25N5O5. The molecule has 10 heteroatoms. The summed E-state index contributed by atoms with van der Waals surface area (Å²) >= 11 is 0. The molecule has 0 bridgehead atoms. The quantitative estimate of drug-likeness (QED) is 0.329. The summed E-state index contributed by atoms with van der Waals surface area (Å²) in [6.07, 6.45) is 0.525. The lowest BCUT2D eigenvalue weighted by Crippen LogP contribution is -2.39. The average molecular weight is 415 g/mol. The van der Waals surface area contributed by atoms with Gasteiger partial charge in [-0.1, -0.05) is 0 Å². The predicted octanol–water partition coefficient (Wildman–Crippen LogP) is 3.35. The maximum atomic E-state index is 12.9. The Morgan fingerprint density at radius 2 is 1.73 bits per heavy atom. The monoisotopic (exact) mass is 415 g/mol. The highest BCUT2D eigenvalue weighted by Crippen LogP contribution is 2.21. The first-order chi connectivity index (χ1) is 14.4. The Labute approximate surface area is 174 Å². The van der Waals surface area contributed by atoms with E-state index in [-0.39, 0.29) is 11.7 Å². The largest absolute Gasteiger partial charge is 0.497 e. The van der Waals surface area contributed by atoms with Gasteiger partial charge in [0.1, 0.15) is 5.75 Å². The van der Waals surface area contributed by atoms with Gasteiger partial charge in [-0.25, -0.2) is 9.59 Å². The zero-order chi connectivity index (χ0) is 21.9. The van der Waals surface area contributed by atoms with Gasteiger partial charge in [0.05, 0.1) is 12.0 Å². The van der Waals surface area contributed by atoms with Crippen molar-refractivity contribution in [3.8, 4) is 5.75 Å². The van der Waals surface area contributed by atoms with E-state index in [0.717, 1.165) is 0 Å². The molecule has 0 aliphatic heterocycles. The molecule has 3 N–H and O–H groups in total. The van der Waals surface area contributed by atoms with Crippen molar-refractivity contribution in [3.05, 3.63) is 58.6 Å². The Kier molecular flexibility index (Phi) is 8.42. The van der Waals surface area contributed by atoms with E-state index >= 15 is 0 Å². The Morgan fingerprint density at radius 1 is 1.07 bits per heavy atom. The van der Waals surface area contributed by atoms with Crippen LogP contribution in [0.3, 0.4) is 0 Å². The Hall–Kier alpha value is -3.82. The number of urea groups is 2. The molecule has 0 aliphatic rings. The Balaban J connectivity index is 2.07. The summed E-state index contributed by atoms with van der Waals surface area (Å²) in [6, 6.07) is 11.9. The predicted molar refractivity (Wildman–Crippen MR) is 114 cm³/mol. The van der Waals surface area contributed by atoms with E-state index in [1.807, 2.05) is 6.92 Å². The van der Waals surface area contributed by atoms with Gasteiger partial charge in [0, 0.05) is 43.1 Å². The molecule has 0 spiro atoms. The molecule has 30 heavy (non-hydrogen) atoms. The number of benzene rings is 2. The van der Waals surface area contributed by atoms with E-state index in [2.05, 4.69) is 16.0 Å². The van der Waals surface area contributed by atoms with Gasteiger partial charge < -0.3 is 20.7 Å². The van der Waals surface area contributed by atoms with Crippen LogP contribution in [0.25, 0.3) is 0 Å². The van der Waals surface area contributed by atoms with Crippen LogP contribution in [0.2, 0.25) is 0 Å². The van der Waals surface area contributed by atoms with Gasteiger partial charge in [-0.05, 0) is 49.7 Å². The van der Waals surface area contributed by atoms with Crippen LogP contribution in [-0.2, 0) is 0 Å². The van der Waals surface area contributed by atoms with E-state index in [1.165, 1.54) is 29.2 Å². The van der Waals surface area contributed by atoms with E-state index in [0.29, 0.717) is 43.2 Å². The highest BCUT2D eigenvalue weighted by atomic mass is 16.6. The molecule has 0 atom stereocenters. The maximum Gasteiger partial charge on any atom is 0.326 e. The second kappa shape index (κ2) is 11.2. The van der Waals surface area contributed by atoms with Crippen molar-refractivity contribution in [2.24, 2.45) is 0 Å². The topological polar surface area (TPSA) is 126 Å². The van der Waals surface area contributed by atoms with Crippen molar-refractivity contribution in [3.63, 3.8) is 0 Å². The molecule has 2 aromatic rings. The number of nitro groups is 1. The lowest BCUT2D eigenvalue weighted by atomic mass is 10.2. The Bertz CT molecular complexity index is 855. The molecule has 10 nitrogen and oxygen atoms in total. The number of nitrogens with one attached hydrogen (secondary N) is 3. The fourth-order valence-corrected chi connectivity index (χ4v) is 2.63. The first kappa shape index (κ1) is 22.5. The molecule has 0 saturated heterocycles. The maximum absolute atomic E-state index is 12.9. The normalized spacial score (nSPS) is 10.1. The molecule has 0 heterocycles. The molecule has 2 rings (SSSR count). The molecular weight excluding hydrogens is 390 g/mol. The van der Waals surface area contributed by atoms with Crippen LogP contribution in [0.15, 0.2) is 48.5 Å². The lowest BCUT2D eigenvalue weighted by Gasteiger charge is -2.23. The van der Waals surface area contributed by atoms with Gasteiger partial charge in [-0.15, -0.1) is 0 Å². The minimum atomic E-state index is -0.503. The van der Waals surface area contributed by atoms with Gasteiger partial charge in [-0.3, -0.25) is 15.0 Å². The number of carbonyl (C=O) groups is 2. The number of hydrogen-bond donors (Lipinski definition) is 3. The van der Waals surface area contributed by atoms with Gasteiger partial charge in [0.25, 0.3) is 5.69 Å². The zero-order valence-electron chi connectivity index (χ0n) is 16.9. The second-order valence-electron chi connectivity index (χ2n) is 6.22. The van der Waals surface area contributed by atoms with Crippen LogP contribution in [0.4, 0.5) is 26.7 Å². The van der Waals surface area contributed by atoms with Crippen LogP contribution < -0.4 is 25.6 Å². The van der Waals surface area contributed by atoms with Crippen molar-refractivity contribution < 1.29 is 19.2 Å². The highest BCUT2D eigenvalue weighted by molar-refractivity contribution is 6.01. The van der Waals surface area contributed by atoms with Gasteiger partial charge in [0.2, 0.25) is 0 Å². The van der Waals surface area contributed by atoms with E-state index < -0.39 is 11.0 Å². The number of anilines is 2. The number of ether oxygens (including phenoxy) is 1. The van der Waals surface area contributed by atoms with Crippen molar-refractivity contribution >= 4 is 29.1 Å². The number of hydrogen-bond acceptors (Lipinski definition) is 5. The summed E-state index contributed by atoms with van der Waals surface area (Å²) in [7, 11) is 1.56. The van der Waals surface area contributed by atoms with Gasteiger partial charge in [-0.2, -0.15) is 0 Å². The average Bonchev–Trinajstić information content (AvgIpc) is 2.74. The summed E-state index contributed by atoms with van der Waals surface area (Å²) in [5, 5.41) is 18.9. The minimum absolute atomic E-state index is 0.0589. The third kappa shape index (κ3) is 6.66. The van der Waals surface area contributed by atoms with Gasteiger partial charge >= 0.3 is 12.1 Å². The molecule has 2 aromatic carbocycles. The smallest absolute Gasteiger partial charge is 0.326 e. The molecule has 160 valence electrons. The fraction of sp³-hybridized carbons (Fsp3) is 0.300. The summed E-state index contributed by atoms with van der Waals surface area (Å²) in [6.45, 7) is 3.09. The third-order valence-electron chi connectivity index (χ3n) is 4.14. The van der Waals surface area contributed by atoms with Crippen LogP contribution in [0.5, 0.6) is 5.75 Å². The zero-order valence-corrected chi connectivity index (χ0v) is 16.9. The summed E-state index contributed by atoms with van der Waals surface area (Å²) in [4.78, 5) is 36.2. The van der Waals surface area contributed by atoms with Crippen molar-refractivity contribution in [2.75, 3.05) is 37.0 Å². The number of carbonyl (C=O) groups excluding carboxylic acids is 2. The molecule has 0 radical (unpaired) electrons. The first-order valence-corrected chi connectivity index (χ1v) is 9.43. The van der Waals surface area contributed by atoms with Crippen molar-refractivity contribution in [2.45, 2.75) is 13.3 Å². The van der Waals surface area contributed by atoms with Gasteiger partial charge in [0.15, 0.2) is 0 Å². The lowest BCUT2D eigenvalue weighted by molar-refractivity contribution is -0.384. The van der Waals surface area contributed by atoms with Crippen LogP contribution in [0, 0.1) is 10.1 Å². The second-order valence-corrected chi connectivity index (χ2v) is 6.22. The van der Waals surface area contributed by atoms with E-state index in [9.17, 15) is 19.7 Å². The summed E-state index contributed by atoms with van der Waals surface area (Å²) in [5.74, 6) is 0.660. The van der Waals surface area contributed by atoms with Crippen LogP contribution >= 0.6 is 0 Å². The number of methoxy groups -OCH3 is 1. The highest BCUT2D eigenvalue weighted by Gasteiger charge is 2.16. The summed E-state index contributed by atoms with van der Waals surface area (Å²) in [5.41, 5.74) is 1.02. The number of non-ortho nitro benzene ring substituents is 1. The van der Waals surface area contributed by atoms with Crippen LogP contribution in [0.1, 0.15) is 13.3 Å². The van der Waals surface area contributed by atoms with E-state index in [4.69, 9.17) is 4.74 Å². The number of amides is 4. The standard InChI is InChI=1S/C20H25N5O5/c1-3-21-19(26)22-13-4-14-24(16-9-11-18(30-2)12-10-16)20(27)23-15-5-7-17(8-6-15)25(28)29/h5-12H,3-4,13-14H2,1-2H3,(H,23,27)(H2,21,22,26). The minimum Gasteiger partial charge on any atom is -0.497 e. The fourth-order valence-electron chi connectivity index (χ4n) is 2.63. The molecule has 0 fully saturated rings. The van der Waals surface area contributed by atoms with Crippen LogP contribution in [-0.4, -0.2) is 43.7 Å². The molecule has 0 aromatic heterocycles. The third-order valence-corrected chi connectivity index (χ3v) is 4.14. The molecule has 4 amide bonds. The number of rotatable bonds is 9. The molecule has 0 aliphatic carbocycles. The van der Waals surface area contributed by atoms with Crippen molar-refractivity contribution in [1.29, 1.82) is 0 Å². The Morgan fingerprint density at radius 3 is 2.30 bits per heavy atom. The number of nitro benzene ring substituents is 1. The molecule has 0 saturated carbocycles.